The van der Waals surface area contributed by atoms with E-state index in [2.05, 4.69) is 0 Å². The van der Waals surface area contributed by atoms with Gasteiger partial charge in [0, 0.05) is 0 Å². The lowest BCUT2D eigenvalue weighted by atomic mass is 9.97. The Morgan fingerprint density at radius 2 is 1.00 bits per heavy atom. The first-order valence-corrected chi connectivity index (χ1v) is 5.72. The van der Waals surface area contributed by atoms with Crippen LogP contribution in [0.4, 0.5) is 0 Å². The van der Waals surface area contributed by atoms with Crippen molar-refractivity contribution in [2.24, 2.45) is 0 Å². The van der Waals surface area contributed by atoms with Crippen LogP contribution in [0, 0.1) is 0 Å². The molecule has 72 valence electrons. The number of alkyl halides is 6. The van der Waals surface area contributed by atoms with E-state index >= 15 is 0 Å². The van der Waals surface area contributed by atoms with Crippen LogP contribution in [0.2, 0.25) is 0 Å². The van der Waals surface area contributed by atoms with Crippen LogP contribution in [0.25, 0.3) is 0 Å². The van der Waals surface area contributed by atoms with Crippen molar-refractivity contribution in [1.29, 1.82) is 0 Å². The van der Waals surface area contributed by atoms with E-state index in [0.717, 1.165) is 0 Å². The molecular weight excluding hydrogens is 285 g/mol. The Morgan fingerprint density at radius 1 is 0.750 bits per heavy atom. The van der Waals surface area contributed by atoms with E-state index in [-0.39, 0.29) is 0 Å². The van der Waals surface area contributed by atoms with Crippen molar-refractivity contribution in [1.82, 2.24) is 0 Å². The molecule has 0 radical (unpaired) electrons. The van der Waals surface area contributed by atoms with Crippen LogP contribution in [-0.2, 0) is 0 Å². The van der Waals surface area contributed by atoms with E-state index in [0.29, 0.717) is 12.8 Å². The number of rotatable bonds is 0. The molecule has 6 heteroatoms. The predicted molar refractivity (Wildman–Crippen MR) is 57.4 cm³/mol. The molecule has 0 heterocycles. The molecule has 0 amide bonds. The molecule has 1 rings (SSSR count). The molecule has 1 aliphatic rings. The summed E-state index contributed by atoms with van der Waals surface area (Å²) >= 11 is 35.3. The van der Waals surface area contributed by atoms with Crippen LogP contribution in [0.15, 0.2) is 0 Å². The summed E-state index contributed by atoms with van der Waals surface area (Å²) in [5, 5.41) is -0.934. The molecular formula is C6H6Cl6. The molecule has 0 spiro atoms. The van der Waals surface area contributed by atoms with Crippen molar-refractivity contribution < 1.29 is 0 Å². The normalized spacial score (nSPS) is 39.5. The van der Waals surface area contributed by atoms with Gasteiger partial charge in [-0.3, -0.25) is 0 Å². The maximum atomic E-state index is 5.89. The summed E-state index contributed by atoms with van der Waals surface area (Å²) in [6.07, 6.45) is 1.23. The van der Waals surface area contributed by atoms with Crippen LogP contribution in [0.1, 0.15) is 12.8 Å². The molecule has 0 aromatic carbocycles. The first-order valence-electron chi connectivity index (χ1n) is 3.34. The highest BCUT2D eigenvalue weighted by Gasteiger charge is 2.58. The van der Waals surface area contributed by atoms with Crippen molar-refractivity contribution in [2.45, 2.75) is 32.3 Å². The summed E-state index contributed by atoms with van der Waals surface area (Å²) in [6, 6.07) is 0. The van der Waals surface area contributed by atoms with E-state index in [1.165, 1.54) is 0 Å². The zero-order chi connectivity index (χ0) is 9.57. The van der Waals surface area contributed by atoms with Gasteiger partial charge >= 0.3 is 0 Å². The van der Waals surface area contributed by atoms with Crippen LogP contribution in [-0.4, -0.2) is 19.4 Å². The summed E-state index contributed by atoms with van der Waals surface area (Å²) in [7, 11) is 0. The molecule has 0 saturated heterocycles. The molecule has 0 bridgehead atoms. The lowest BCUT2D eigenvalue weighted by Gasteiger charge is -2.43. The quantitative estimate of drug-likeness (QED) is 0.582. The van der Waals surface area contributed by atoms with Crippen LogP contribution in [0.3, 0.4) is 0 Å². The third kappa shape index (κ3) is 1.76. The molecule has 1 saturated carbocycles. The van der Waals surface area contributed by atoms with Gasteiger partial charge < -0.3 is 0 Å². The molecule has 0 aliphatic heterocycles. The van der Waals surface area contributed by atoms with Crippen LogP contribution < -0.4 is 0 Å². The summed E-state index contributed by atoms with van der Waals surface area (Å²) in [6.45, 7) is 0. The van der Waals surface area contributed by atoms with E-state index in [9.17, 15) is 0 Å². The average molecular weight is 291 g/mol. The first kappa shape index (κ1) is 11.8. The lowest BCUT2D eigenvalue weighted by molar-refractivity contribution is 0.466. The first-order chi connectivity index (χ1) is 5.30. The smallest absolute Gasteiger partial charge is 0.120 e. The van der Waals surface area contributed by atoms with E-state index < -0.39 is 19.4 Å². The molecule has 2 atom stereocenters. The summed E-state index contributed by atoms with van der Waals surface area (Å²) in [4.78, 5) is 0. The van der Waals surface area contributed by atoms with Gasteiger partial charge in [-0.05, 0) is 12.8 Å². The number of hydrogen-bond acceptors (Lipinski definition) is 0. The maximum absolute atomic E-state index is 5.89. The van der Waals surface area contributed by atoms with Gasteiger partial charge in [0.25, 0.3) is 0 Å². The molecule has 1 aliphatic carbocycles. The monoisotopic (exact) mass is 288 g/mol. The second kappa shape index (κ2) is 3.72. The van der Waals surface area contributed by atoms with Gasteiger partial charge in [0.1, 0.15) is 0 Å². The zero-order valence-corrected chi connectivity index (χ0v) is 10.4. The van der Waals surface area contributed by atoms with Gasteiger partial charge in [-0.15, -0.1) is 23.2 Å². The number of hydrogen-bond donors (Lipinski definition) is 0. The van der Waals surface area contributed by atoms with Crippen LogP contribution in [0.5, 0.6) is 0 Å². The van der Waals surface area contributed by atoms with Crippen molar-refractivity contribution in [3.63, 3.8) is 0 Å². The van der Waals surface area contributed by atoms with Crippen molar-refractivity contribution in [3.8, 4) is 0 Å². The standard InChI is InChI=1S/C6H6Cl6/c7-3-1-2-4(8)6(11,12)5(3,9)10/h3-4H,1-2H2. The maximum Gasteiger partial charge on any atom is 0.168 e. The van der Waals surface area contributed by atoms with Gasteiger partial charge in [-0.1, -0.05) is 46.4 Å². The summed E-state index contributed by atoms with van der Waals surface area (Å²) in [5.74, 6) is 0. The minimum absolute atomic E-state index is 0.467. The second-order valence-corrected chi connectivity index (χ2v) is 6.58. The Kier molecular flexibility index (Phi) is 3.66. The average Bonchev–Trinajstić information content (AvgIpc) is 1.96. The third-order valence-corrected chi connectivity index (χ3v) is 6.08. The van der Waals surface area contributed by atoms with Crippen molar-refractivity contribution in [2.75, 3.05) is 0 Å². The SMILES string of the molecule is ClC1CCC(Cl)C(Cl)(Cl)C1(Cl)Cl. The molecule has 2 unspecified atom stereocenters. The predicted octanol–water partition coefficient (Wildman–Crippen LogP) is 4.34. The Morgan fingerprint density at radius 3 is 1.25 bits per heavy atom. The Balaban J connectivity index is 2.92. The highest BCUT2D eigenvalue weighted by atomic mass is 35.5. The fraction of sp³-hybridized carbons (Fsp3) is 1.00. The highest BCUT2D eigenvalue weighted by Crippen LogP contribution is 2.55. The summed E-state index contributed by atoms with van der Waals surface area (Å²) < 4.78 is -2.77. The van der Waals surface area contributed by atoms with E-state index in [4.69, 9.17) is 69.6 Å². The Bertz CT molecular complexity index is 157. The summed E-state index contributed by atoms with van der Waals surface area (Å²) in [5.41, 5.74) is 0. The molecule has 0 nitrogen and oxygen atoms in total. The highest BCUT2D eigenvalue weighted by molar-refractivity contribution is 6.66. The largest absolute Gasteiger partial charge is 0.168 e. The molecule has 1 fully saturated rings. The van der Waals surface area contributed by atoms with Crippen LogP contribution >= 0.6 is 69.6 Å². The van der Waals surface area contributed by atoms with Gasteiger partial charge in [0.15, 0.2) is 8.67 Å². The van der Waals surface area contributed by atoms with E-state index in [1.54, 1.807) is 0 Å². The molecule has 0 N–H and O–H groups in total. The second-order valence-electron chi connectivity index (χ2n) is 2.76. The fourth-order valence-electron chi connectivity index (χ4n) is 1.07. The van der Waals surface area contributed by atoms with Gasteiger partial charge in [0.2, 0.25) is 0 Å². The minimum Gasteiger partial charge on any atom is -0.120 e. The van der Waals surface area contributed by atoms with Gasteiger partial charge in [-0.2, -0.15) is 0 Å². The fourth-order valence-corrected chi connectivity index (χ4v) is 2.86. The zero-order valence-electron chi connectivity index (χ0n) is 5.84. The van der Waals surface area contributed by atoms with Gasteiger partial charge in [0.05, 0.1) is 10.8 Å². The van der Waals surface area contributed by atoms with Crippen molar-refractivity contribution in [3.05, 3.63) is 0 Å². The van der Waals surface area contributed by atoms with Gasteiger partial charge in [-0.25, -0.2) is 0 Å². The Labute approximate surface area is 101 Å². The minimum atomic E-state index is -1.39. The molecule has 12 heavy (non-hydrogen) atoms. The molecule has 0 aromatic rings. The third-order valence-electron chi connectivity index (χ3n) is 1.90. The van der Waals surface area contributed by atoms with E-state index in [1.807, 2.05) is 0 Å². The van der Waals surface area contributed by atoms with Crippen molar-refractivity contribution >= 4 is 69.6 Å². The molecule has 0 aromatic heterocycles. The number of halogens is 6. The lowest BCUT2D eigenvalue weighted by Crippen LogP contribution is -2.53. The topological polar surface area (TPSA) is 0 Å². The Hall–Kier alpha value is 1.74.